The number of hydrogen-bond acceptors (Lipinski definition) is 3. The summed E-state index contributed by atoms with van der Waals surface area (Å²) in [5, 5.41) is 3.03. The third kappa shape index (κ3) is 3.11. The normalized spacial score (nSPS) is 22.0. The molecule has 1 fully saturated rings. The number of nitrogens with zero attached hydrogens (tertiary/aromatic N) is 2. The average molecular weight is 353 g/mol. The summed E-state index contributed by atoms with van der Waals surface area (Å²) in [6, 6.07) is 5.45. The first-order valence-corrected chi connectivity index (χ1v) is 9.79. The number of fused-ring (bicyclic) bond motifs is 2. The summed E-state index contributed by atoms with van der Waals surface area (Å²) < 4.78 is 0. The maximum absolute atomic E-state index is 12.7. The third-order valence-corrected chi connectivity index (χ3v) is 5.92. The van der Waals surface area contributed by atoms with Crippen LogP contribution in [0.1, 0.15) is 65.7 Å². The van der Waals surface area contributed by atoms with Crippen LogP contribution in [-0.2, 0) is 0 Å². The molecule has 2 heterocycles. The fraction of sp³-hybridized carbons (Fsp3) is 0.524. The SMILES string of the molecule is CN1c2cc(C(=O)NCCC3=CCCCC3)ccc2C(=O)N2CCC[C@@H]21. The molecule has 1 aromatic carbocycles. The zero-order chi connectivity index (χ0) is 18.1. The highest BCUT2D eigenvalue weighted by molar-refractivity contribution is 6.04. The van der Waals surface area contributed by atoms with Crippen molar-refractivity contribution < 1.29 is 9.59 Å². The smallest absolute Gasteiger partial charge is 0.257 e. The Kier molecular flexibility index (Phi) is 4.70. The van der Waals surface area contributed by atoms with E-state index in [0.717, 1.165) is 31.5 Å². The van der Waals surface area contributed by atoms with Crippen molar-refractivity contribution in [3.8, 4) is 0 Å². The van der Waals surface area contributed by atoms with Gasteiger partial charge in [0.15, 0.2) is 0 Å². The van der Waals surface area contributed by atoms with E-state index >= 15 is 0 Å². The van der Waals surface area contributed by atoms with Gasteiger partial charge < -0.3 is 15.1 Å². The van der Waals surface area contributed by atoms with Crippen LogP contribution in [0.25, 0.3) is 0 Å². The second-order valence-electron chi connectivity index (χ2n) is 7.58. The second-order valence-corrected chi connectivity index (χ2v) is 7.58. The summed E-state index contributed by atoms with van der Waals surface area (Å²) >= 11 is 0. The van der Waals surface area contributed by atoms with Gasteiger partial charge >= 0.3 is 0 Å². The molecule has 0 unspecified atom stereocenters. The molecule has 0 aromatic heterocycles. The van der Waals surface area contributed by atoms with Crippen molar-refractivity contribution in [2.24, 2.45) is 0 Å². The zero-order valence-corrected chi connectivity index (χ0v) is 15.5. The Morgan fingerprint density at radius 2 is 2.15 bits per heavy atom. The molecule has 1 aliphatic carbocycles. The van der Waals surface area contributed by atoms with E-state index in [1.807, 2.05) is 18.0 Å². The van der Waals surface area contributed by atoms with Gasteiger partial charge in [0.2, 0.25) is 0 Å². The van der Waals surface area contributed by atoms with E-state index in [1.54, 1.807) is 12.1 Å². The van der Waals surface area contributed by atoms with Gasteiger partial charge in [-0.2, -0.15) is 0 Å². The number of benzene rings is 1. The maximum Gasteiger partial charge on any atom is 0.257 e. The van der Waals surface area contributed by atoms with Crippen molar-refractivity contribution in [3.63, 3.8) is 0 Å². The molecule has 0 bridgehead atoms. The van der Waals surface area contributed by atoms with Crippen LogP contribution < -0.4 is 10.2 Å². The van der Waals surface area contributed by atoms with E-state index < -0.39 is 0 Å². The Bertz CT molecular complexity index is 756. The number of rotatable bonds is 4. The van der Waals surface area contributed by atoms with Crippen molar-refractivity contribution in [1.82, 2.24) is 10.2 Å². The zero-order valence-electron chi connectivity index (χ0n) is 15.5. The van der Waals surface area contributed by atoms with E-state index in [-0.39, 0.29) is 18.0 Å². The lowest BCUT2D eigenvalue weighted by atomic mass is 9.97. The molecule has 0 radical (unpaired) electrons. The highest BCUT2D eigenvalue weighted by Crippen LogP contribution is 2.35. The van der Waals surface area contributed by atoms with Gasteiger partial charge in [0, 0.05) is 25.7 Å². The number of carbonyl (C=O) groups excluding carboxylic acids is 2. The Balaban J connectivity index is 1.45. The van der Waals surface area contributed by atoms with E-state index in [4.69, 9.17) is 0 Å². The third-order valence-electron chi connectivity index (χ3n) is 5.92. The first-order chi connectivity index (χ1) is 12.6. The number of hydrogen-bond donors (Lipinski definition) is 1. The van der Waals surface area contributed by atoms with Crippen LogP contribution in [0.4, 0.5) is 5.69 Å². The van der Waals surface area contributed by atoms with Gasteiger partial charge in [-0.05, 0) is 63.1 Å². The van der Waals surface area contributed by atoms with Gasteiger partial charge in [-0.25, -0.2) is 0 Å². The van der Waals surface area contributed by atoms with Crippen LogP contribution in [0, 0.1) is 0 Å². The Labute approximate surface area is 155 Å². The molecule has 3 aliphatic rings. The Morgan fingerprint density at radius 3 is 2.96 bits per heavy atom. The molecule has 1 atom stereocenters. The first-order valence-electron chi connectivity index (χ1n) is 9.79. The number of allylic oxidation sites excluding steroid dienone is 1. The fourth-order valence-electron chi connectivity index (χ4n) is 4.42. The van der Waals surface area contributed by atoms with Crippen molar-refractivity contribution >= 4 is 17.5 Å². The summed E-state index contributed by atoms with van der Waals surface area (Å²) in [7, 11) is 2.02. The molecular formula is C21H27N3O2. The van der Waals surface area contributed by atoms with Crippen LogP contribution in [0.2, 0.25) is 0 Å². The molecule has 0 saturated carbocycles. The fourth-order valence-corrected chi connectivity index (χ4v) is 4.42. The lowest BCUT2D eigenvalue weighted by molar-refractivity contribution is 0.0719. The monoisotopic (exact) mass is 353 g/mol. The van der Waals surface area contributed by atoms with Crippen LogP contribution in [0.5, 0.6) is 0 Å². The lowest BCUT2D eigenvalue weighted by Crippen LogP contribution is -2.50. The molecule has 5 nitrogen and oxygen atoms in total. The largest absolute Gasteiger partial charge is 0.354 e. The minimum absolute atomic E-state index is 0.0566. The van der Waals surface area contributed by atoms with Gasteiger partial charge in [-0.1, -0.05) is 11.6 Å². The Hall–Kier alpha value is -2.30. The molecule has 1 saturated heterocycles. The van der Waals surface area contributed by atoms with Gasteiger partial charge in [0.1, 0.15) is 6.17 Å². The first kappa shape index (κ1) is 17.1. The molecule has 0 spiro atoms. The average Bonchev–Trinajstić information content (AvgIpc) is 3.17. The number of anilines is 1. The summed E-state index contributed by atoms with van der Waals surface area (Å²) in [5.41, 5.74) is 3.68. The minimum atomic E-state index is -0.0566. The topological polar surface area (TPSA) is 52.7 Å². The highest BCUT2D eigenvalue weighted by atomic mass is 16.2. The summed E-state index contributed by atoms with van der Waals surface area (Å²) in [5.74, 6) is 0.0377. The number of nitrogens with one attached hydrogen (secondary N) is 1. The van der Waals surface area contributed by atoms with Crippen molar-refractivity contribution in [1.29, 1.82) is 0 Å². The van der Waals surface area contributed by atoms with Crippen LogP contribution in [-0.4, -0.2) is 43.0 Å². The van der Waals surface area contributed by atoms with Crippen molar-refractivity contribution in [3.05, 3.63) is 41.0 Å². The second kappa shape index (κ2) is 7.14. The van der Waals surface area contributed by atoms with Crippen LogP contribution in [0.3, 0.4) is 0 Å². The number of amides is 2. The predicted octanol–water partition coefficient (Wildman–Crippen LogP) is 3.32. The molecule has 138 valence electrons. The molecule has 1 N–H and O–H groups in total. The van der Waals surface area contributed by atoms with E-state index in [0.29, 0.717) is 17.7 Å². The van der Waals surface area contributed by atoms with Gasteiger partial charge in [0.25, 0.3) is 11.8 Å². The molecule has 2 amide bonds. The van der Waals surface area contributed by atoms with Crippen molar-refractivity contribution in [2.75, 3.05) is 25.0 Å². The van der Waals surface area contributed by atoms with Gasteiger partial charge in [-0.15, -0.1) is 0 Å². The quantitative estimate of drug-likeness (QED) is 0.845. The number of carbonyl (C=O) groups is 2. The molecule has 5 heteroatoms. The standard InChI is InChI=1S/C21H27N3O2/c1-23-18-14-16(20(25)22-12-11-15-6-3-2-4-7-15)9-10-17(18)21(26)24-13-5-8-19(23)24/h6,9-10,14,19H,2-5,7-8,11-13H2,1H3,(H,22,25)/t19-/m1/s1. The summed E-state index contributed by atoms with van der Waals surface area (Å²) in [4.78, 5) is 29.3. The van der Waals surface area contributed by atoms with E-state index in [9.17, 15) is 9.59 Å². The Morgan fingerprint density at radius 1 is 1.27 bits per heavy atom. The predicted molar refractivity (Wildman–Crippen MR) is 102 cm³/mol. The minimum Gasteiger partial charge on any atom is -0.354 e. The highest BCUT2D eigenvalue weighted by Gasteiger charge is 2.38. The van der Waals surface area contributed by atoms with E-state index in [2.05, 4.69) is 16.3 Å². The summed E-state index contributed by atoms with van der Waals surface area (Å²) in [6.45, 7) is 1.50. The van der Waals surface area contributed by atoms with E-state index in [1.165, 1.54) is 31.3 Å². The lowest BCUT2D eigenvalue weighted by Gasteiger charge is -2.40. The molecular weight excluding hydrogens is 326 g/mol. The molecule has 1 aromatic rings. The van der Waals surface area contributed by atoms with Gasteiger partial charge in [0.05, 0.1) is 11.3 Å². The van der Waals surface area contributed by atoms with Crippen LogP contribution in [0.15, 0.2) is 29.8 Å². The van der Waals surface area contributed by atoms with Crippen LogP contribution >= 0.6 is 0 Å². The molecule has 2 aliphatic heterocycles. The van der Waals surface area contributed by atoms with Gasteiger partial charge in [-0.3, -0.25) is 9.59 Å². The molecule has 26 heavy (non-hydrogen) atoms. The van der Waals surface area contributed by atoms with Crippen molar-refractivity contribution in [2.45, 2.75) is 51.1 Å². The summed E-state index contributed by atoms with van der Waals surface area (Å²) in [6.07, 6.45) is 10.3. The molecule has 4 rings (SSSR count). The maximum atomic E-state index is 12.7.